The maximum atomic E-state index is 14.9. The van der Waals surface area contributed by atoms with Crippen LogP contribution in [0.1, 0.15) is 12.5 Å². The molecular formula is C22H26FN5O3. The number of piperazine rings is 1. The van der Waals surface area contributed by atoms with E-state index in [2.05, 4.69) is 15.2 Å². The van der Waals surface area contributed by atoms with Gasteiger partial charge in [-0.05, 0) is 36.8 Å². The second-order valence-corrected chi connectivity index (χ2v) is 7.81. The average molecular weight is 427 g/mol. The molecule has 2 aromatic rings. The van der Waals surface area contributed by atoms with Gasteiger partial charge >= 0.3 is 6.09 Å². The minimum absolute atomic E-state index is 0.191. The number of benzene rings is 1. The van der Waals surface area contributed by atoms with Crippen molar-refractivity contribution in [3.63, 3.8) is 0 Å². The van der Waals surface area contributed by atoms with Crippen LogP contribution in [-0.2, 0) is 9.53 Å². The van der Waals surface area contributed by atoms with E-state index in [4.69, 9.17) is 4.74 Å². The second kappa shape index (κ2) is 8.79. The minimum atomic E-state index is -0.540. The highest BCUT2D eigenvalue weighted by Gasteiger charge is 2.33. The van der Waals surface area contributed by atoms with Gasteiger partial charge in [0.2, 0.25) is 5.91 Å². The Morgan fingerprint density at radius 3 is 2.65 bits per heavy atom. The van der Waals surface area contributed by atoms with Crippen molar-refractivity contribution in [2.75, 3.05) is 54.0 Å². The van der Waals surface area contributed by atoms with Crippen molar-refractivity contribution >= 4 is 29.2 Å². The summed E-state index contributed by atoms with van der Waals surface area (Å²) in [5.41, 5.74) is 2.09. The lowest BCUT2D eigenvalue weighted by Crippen LogP contribution is -2.47. The summed E-state index contributed by atoms with van der Waals surface area (Å²) in [4.78, 5) is 33.3. The summed E-state index contributed by atoms with van der Waals surface area (Å²) in [6, 6.07) is 8.77. The number of carbonyl (C=O) groups excluding carboxylic acids is 2. The number of aromatic nitrogens is 1. The van der Waals surface area contributed by atoms with Crippen molar-refractivity contribution < 1.29 is 18.7 Å². The molecule has 0 unspecified atom stereocenters. The van der Waals surface area contributed by atoms with Gasteiger partial charge in [-0.1, -0.05) is 6.07 Å². The fourth-order valence-electron chi connectivity index (χ4n) is 3.98. The van der Waals surface area contributed by atoms with Crippen LogP contribution >= 0.6 is 0 Å². The van der Waals surface area contributed by atoms with Crippen molar-refractivity contribution in [3.05, 3.63) is 47.9 Å². The van der Waals surface area contributed by atoms with Crippen LogP contribution in [0.15, 0.2) is 36.5 Å². The molecular weight excluding hydrogens is 401 g/mol. The lowest BCUT2D eigenvalue weighted by Gasteiger charge is -2.37. The van der Waals surface area contributed by atoms with Gasteiger partial charge in [0.05, 0.1) is 24.5 Å². The Morgan fingerprint density at radius 2 is 1.97 bits per heavy atom. The first kappa shape index (κ1) is 20.9. The number of carbonyl (C=O) groups is 2. The number of pyridine rings is 1. The second-order valence-electron chi connectivity index (χ2n) is 7.81. The van der Waals surface area contributed by atoms with E-state index in [1.54, 1.807) is 18.3 Å². The Hall–Kier alpha value is -3.36. The smallest absolute Gasteiger partial charge is 0.414 e. The fourth-order valence-corrected chi connectivity index (χ4v) is 3.98. The highest BCUT2D eigenvalue weighted by Crippen LogP contribution is 2.29. The molecule has 1 N–H and O–H groups in total. The van der Waals surface area contributed by atoms with Crippen molar-refractivity contribution in [1.29, 1.82) is 0 Å². The molecule has 0 radical (unpaired) electrons. The van der Waals surface area contributed by atoms with E-state index in [-0.39, 0.29) is 24.8 Å². The summed E-state index contributed by atoms with van der Waals surface area (Å²) < 4.78 is 20.2. The van der Waals surface area contributed by atoms with Gasteiger partial charge in [-0.25, -0.2) is 14.2 Å². The number of cyclic esters (lactones) is 1. The molecule has 1 aromatic carbocycles. The number of hydrogen-bond donors (Lipinski definition) is 1. The standard InChI is InChI=1S/C22H26FN5O3/c1-15-4-3-7-24-21(15)27-10-8-26(9-11-27)20-6-5-17(12-19(20)23)28-14-18(31-22(28)30)13-25-16(2)29/h3-7,12,18H,8-11,13-14H2,1-2H3,(H,25,29)/t18-/m0/s1. The van der Waals surface area contributed by atoms with Gasteiger partial charge in [-0.2, -0.15) is 0 Å². The molecule has 1 aromatic heterocycles. The molecule has 31 heavy (non-hydrogen) atoms. The molecule has 9 heteroatoms. The monoisotopic (exact) mass is 427 g/mol. The van der Waals surface area contributed by atoms with Crippen molar-refractivity contribution in [1.82, 2.24) is 10.3 Å². The molecule has 2 aliphatic heterocycles. The SMILES string of the molecule is CC(=O)NC[C@H]1CN(c2ccc(N3CCN(c4ncccc4C)CC3)c(F)c2)C(=O)O1. The van der Waals surface area contributed by atoms with Gasteiger partial charge in [-0.15, -0.1) is 0 Å². The number of halogens is 1. The van der Waals surface area contributed by atoms with Crippen LogP contribution in [0.3, 0.4) is 0 Å². The zero-order chi connectivity index (χ0) is 22.0. The maximum Gasteiger partial charge on any atom is 0.414 e. The number of rotatable bonds is 5. The molecule has 0 saturated carbocycles. The summed E-state index contributed by atoms with van der Waals surface area (Å²) in [6.07, 6.45) is 0.793. The van der Waals surface area contributed by atoms with Crippen molar-refractivity contribution in [2.45, 2.75) is 20.0 Å². The summed E-state index contributed by atoms with van der Waals surface area (Å²) in [7, 11) is 0. The summed E-state index contributed by atoms with van der Waals surface area (Å²) >= 11 is 0. The van der Waals surface area contributed by atoms with E-state index in [9.17, 15) is 14.0 Å². The minimum Gasteiger partial charge on any atom is -0.442 e. The number of nitrogens with zero attached hydrogens (tertiary/aromatic N) is 4. The molecule has 0 spiro atoms. The van der Waals surface area contributed by atoms with Crippen LogP contribution < -0.4 is 20.0 Å². The van der Waals surface area contributed by atoms with Crippen molar-refractivity contribution in [2.24, 2.45) is 0 Å². The van der Waals surface area contributed by atoms with Gasteiger partial charge in [-0.3, -0.25) is 9.69 Å². The summed E-state index contributed by atoms with van der Waals surface area (Å²) in [5.74, 6) is 0.403. The third kappa shape index (κ3) is 4.55. The quantitative estimate of drug-likeness (QED) is 0.789. The highest BCUT2D eigenvalue weighted by atomic mass is 19.1. The summed E-state index contributed by atoms with van der Waals surface area (Å²) in [6.45, 7) is 6.80. The van der Waals surface area contributed by atoms with Gasteiger partial charge in [0, 0.05) is 39.3 Å². The Morgan fingerprint density at radius 1 is 1.23 bits per heavy atom. The Bertz CT molecular complexity index is 977. The van der Waals surface area contributed by atoms with E-state index in [0.717, 1.165) is 24.5 Å². The molecule has 2 amide bonds. The van der Waals surface area contributed by atoms with E-state index in [0.29, 0.717) is 24.5 Å². The first-order valence-corrected chi connectivity index (χ1v) is 10.4. The number of hydrogen-bond acceptors (Lipinski definition) is 6. The number of ether oxygens (including phenoxy) is 1. The first-order valence-electron chi connectivity index (χ1n) is 10.4. The third-order valence-corrected chi connectivity index (χ3v) is 5.60. The molecule has 2 aliphatic rings. The normalized spacial score (nSPS) is 18.9. The fraction of sp³-hybridized carbons (Fsp3) is 0.409. The predicted octanol–water partition coefficient (Wildman–Crippen LogP) is 2.32. The Kier molecular flexibility index (Phi) is 5.92. The molecule has 8 nitrogen and oxygen atoms in total. The zero-order valence-corrected chi connectivity index (χ0v) is 17.7. The Balaban J connectivity index is 1.40. The van der Waals surface area contributed by atoms with E-state index < -0.39 is 12.2 Å². The van der Waals surface area contributed by atoms with Crippen LogP contribution in [0.2, 0.25) is 0 Å². The van der Waals surface area contributed by atoms with E-state index in [1.807, 2.05) is 24.0 Å². The highest BCUT2D eigenvalue weighted by molar-refractivity contribution is 5.90. The molecule has 3 heterocycles. The van der Waals surface area contributed by atoms with Gasteiger partial charge in [0.25, 0.3) is 0 Å². The van der Waals surface area contributed by atoms with Crippen molar-refractivity contribution in [3.8, 4) is 0 Å². The Labute approximate surface area is 180 Å². The first-order chi connectivity index (χ1) is 14.9. The van der Waals surface area contributed by atoms with E-state index >= 15 is 0 Å². The number of amides is 2. The van der Waals surface area contributed by atoms with Crippen LogP contribution in [0, 0.1) is 12.7 Å². The molecule has 1 atom stereocenters. The van der Waals surface area contributed by atoms with Crippen LogP contribution in [0.25, 0.3) is 0 Å². The lowest BCUT2D eigenvalue weighted by molar-refractivity contribution is -0.119. The van der Waals surface area contributed by atoms with Crippen LogP contribution in [0.5, 0.6) is 0 Å². The third-order valence-electron chi connectivity index (χ3n) is 5.60. The number of anilines is 3. The van der Waals surface area contributed by atoms with E-state index in [1.165, 1.54) is 17.9 Å². The van der Waals surface area contributed by atoms with Gasteiger partial charge in [0.1, 0.15) is 17.7 Å². The van der Waals surface area contributed by atoms with Gasteiger partial charge in [0.15, 0.2) is 0 Å². The predicted molar refractivity (Wildman–Crippen MR) is 116 cm³/mol. The number of nitrogens with one attached hydrogen (secondary N) is 1. The topological polar surface area (TPSA) is 78.0 Å². The average Bonchev–Trinajstić information content (AvgIpc) is 3.13. The van der Waals surface area contributed by atoms with Gasteiger partial charge < -0.3 is 19.9 Å². The van der Waals surface area contributed by atoms with Crippen LogP contribution in [0.4, 0.5) is 26.4 Å². The summed E-state index contributed by atoms with van der Waals surface area (Å²) in [5, 5.41) is 2.63. The largest absolute Gasteiger partial charge is 0.442 e. The molecule has 164 valence electrons. The molecule has 2 fully saturated rings. The maximum absolute atomic E-state index is 14.9. The molecule has 0 bridgehead atoms. The molecule has 2 saturated heterocycles. The van der Waals surface area contributed by atoms with Crippen LogP contribution in [-0.4, -0.2) is 62.4 Å². The lowest BCUT2D eigenvalue weighted by atomic mass is 10.2. The molecule has 4 rings (SSSR count). The number of aryl methyl sites for hydroxylation is 1. The zero-order valence-electron chi connectivity index (χ0n) is 17.7. The molecule has 0 aliphatic carbocycles.